The molecule has 1 aliphatic rings. The highest BCUT2D eigenvalue weighted by molar-refractivity contribution is 7.13. The first-order chi connectivity index (χ1) is 12.9. The molecular formula is C21H25N3OS. The van der Waals surface area contributed by atoms with Crippen LogP contribution in [0.5, 0.6) is 5.75 Å². The molecule has 0 aliphatic carbocycles. The molecule has 26 heavy (non-hydrogen) atoms. The lowest BCUT2D eigenvalue weighted by molar-refractivity contribution is 0.238. The fourth-order valence-electron chi connectivity index (χ4n) is 3.43. The minimum Gasteiger partial charge on any atom is -0.494 e. The maximum Gasteiger partial charge on any atom is 0.150 e. The van der Waals surface area contributed by atoms with E-state index >= 15 is 0 Å². The first-order valence-electron chi connectivity index (χ1n) is 9.40. The van der Waals surface area contributed by atoms with Gasteiger partial charge in [0.2, 0.25) is 0 Å². The fourth-order valence-corrected chi connectivity index (χ4v) is 4.22. The van der Waals surface area contributed by atoms with Gasteiger partial charge in [-0.3, -0.25) is 4.90 Å². The van der Waals surface area contributed by atoms with Crippen LogP contribution in [0.4, 0.5) is 5.82 Å². The van der Waals surface area contributed by atoms with Crippen LogP contribution in [0.1, 0.15) is 12.8 Å². The molecular weight excluding hydrogens is 342 g/mol. The monoisotopic (exact) mass is 367 g/mol. The van der Waals surface area contributed by atoms with Gasteiger partial charge in [0.05, 0.1) is 11.3 Å². The van der Waals surface area contributed by atoms with E-state index in [9.17, 15) is 0 Å². The van der Waals surface area contributed by atoms with Gasteiger partial charge < -0.3 is 9.64 Å². The molecule has 2 aromatic carbocycles. The third-order valence-electron chi connectivity index (χ3n) is 4.91. The smallest absolute Gasteiger partial charge is 0.150 e. The number of hydrogen-bond acceptors (Lipinski definition) is 5. The number of aromatic nitrogens is 1. The zero-order valence-corrected chi connectivity index (χ0v) is 15.8. The fraction of sp³-hybridized carbons (Fsp3) is 0.381. The maximum absolute atomic E-state index is 5.77. The van der Waals surface area contributed by atoms with E-state index in [1.54, 1.807) is 11.5 Å². The van der Waals surface area contributed by atoms with E-state index < -0.39 is 0 Å². The summed E-state index contributed by atoms with van der Waals surface area (Å²) in [5.74, 6) is 2.14. The molecule has 1 fully saturated rings. The highest BCUT2D eigenvalue weighted by Gasteiger charge is 2.20. The predicted molar refractivity (Wildman–Crippen MR) is 109 cm³/mol. The third-order valence-corrected chi connectivity index (χ3v) is 5.73. The van der Waals surface area contributed by atoms with Gasteiger partial charge in [-0.25, -0.2) is 0 Å². The van der Waals surface area contributed by atoms with Crippen LogP contribution in [0.3, 0.4) is 0 Å². The molecule has 2 heterocycles. The Kier molecular flexibility index (Phi) is 5.67. The summed E-state index contributed by atoms with van der Waals surface area (Å²) in [6, 6.07) is 18.6. The molecule has 136 valence electrons. The van der Waals surface area contributed by atoms with Crippen LogP contribution in [0, 0.1) is 0 Å². The minimum atomic E-state index is 0.800. The van der Waals surface area contributed by atoms with Crippen molar-refractivity contribution in [3.05, 3.63) is 54.6 Å². The standard InChI is InChI=1S/C21H25N3OS/c1-2-8-18(9-3-1)25-17-7-6-12-23-13-15-24(16-14-23)21-19-10-4-5-11-20(19)26-22-21/h1-5,8-11H,6-7,12-17H2. The van der Waals surface area contributed by atoms with Crippen molar-refractivity contribution in [2.45, 2.75) is 12.8 Å². The summed E-state index contributed by atoms with van der Waals surface area (Å²) >= 11 is 1.61. The molecule has 0 atom stereocenters. The van der Waals surface area contributed by atoms with E-state index in [0.717, 1.165) is 51.5 Å². The summed E-state index contributed by atoms with van der Waals surface area (Å²) in [6.45, 7) is 6.32. The van der Waals surface area contributed by atoms with E-state index in [1.165, 1.54) is 22.3 Å². The van der Waals surface area contributed by atoms with Crippen molar-refractivity contribution >= 4 is 27.4 Å². The van der Waals surface area contributed by atoms with Gasteiger partial charge >= 0.3 is 0 Å². The lowest BCUT2D eigenvalue weighted by Gasteiger charge is -2.35. The van der Waals surface area contributed by atoms with Crippen molar-refractivity contribution in [3.8, 4) is 5.75 Å². The van der Waals surface area contributed by atoms with Crippen LogP contribution in [0.15, 0.2) is 54.6 Å². The second-order valence-electron chi connectivity index (χ2n) is 6.70. The second-order valence-corrected chi connectivity index (χ2v) is 7.50. The number of piperazine rings is 1. The molecule has 0 spiro atoms. The number of hydrogen-bond donors (Lipinski definition) is 0. The Morgan fingerprint density at radius 3 is 2.50 bits per heavy atom. The Morgan fingerprint density at radius 2 is 1.65 bits per heavy atom. The Labute approximate surface area is 159 Å². The predicted octanol–water partition coefficient (Wildman–Crippen LogP) is 4.28. The number of para-hydroxylation sites is 1. The molecule has 4 nitrogen and oxygen atoms in total. The van der Waals surface area contributed by atoms with Crippen molar-refractivity contribution in [3.63, 3.8) is 0 Å². The van der Waals surface area contributed by atoms with Crippen molar-refractivity contribution in [1.82, 2.24) is 9.27 Å². The number of rotatable bonds is 7. The summed E-state index contributed by atoms with van der Waals surface area (Å²) in [4.78, 5) is 5.00. The summed E-state index contributed by atoms with van der Waals surface area (Å²) in [6.07, 6.45) is 2.29. The summed E-state index contributed by atoms with van der Waals surface area (Å²) in [5, 5.41) is 1.30. The van der Waals surface area contributed by atoms with Gasteiger partial charge in [0, 0.05) is 31.6 Å². The van der Waals surface area contributed by atoms with E-state index in [1.807, 2.05) is 30.3 Å². The van der Waals surface area contributed by atoms with Gasteiger partial charge in [0.15, 0.2) is 0 Å². The number of nitrogens with zero attached hydrogens (tertiary/aromatic N) is 3. The minimum absolute atomic E-state index is 0.800. The van der Waals surface area contributed by atoms with Crippen molar-refractivity contribution < 1.29 is 4.74 Å². The van der Waals surface area contributed by atoms with Crippen molar-refractivity contribution in [2.24, 2.45) is 0 Å². The molecule has 0 amide bonds. The summed E-state index contributed by atoms with van der Waals surface area (Å²) in [5.41, 5.74) is 0. The number of fused-ring (bicyclic) bond motifs is 1. The van der Waals surface area contributed by atoms with Crippen LogP contribution in [0.25, 0.3) is 10.1 Å². The second kappa shape index (κ2) is 8.52. The molecule has 5 heteroatoms. The van der Waals surface area contributed by atoms with Gasteiger partial charge in [-0.15, -0.1) is 0 Å². The maximum atomic E-state index is 5.77. The molecule has 0 bridgehead atoms. The Bertz CT molecular complexity index is 812. The number of anilines is 1. The van der Waals surface area contributed by atoms with Crippen LogP contribution in [-0.4, -0.2) is 48.6 Å². The molecule has 1 aromatic heterocycles. The van der Waals surface area contributed by atoms with Gasteiger partial charge in [0.1, 0.15) is 11.6 Å². The lowest BCUT2D eigenvalue weighted by Crippen LogP contribution is -2.46. The quantitative estimate of drug-likeness (QED) is 0.583. The molecule has 0 saturated carbocycles. The normalized spacial score (nSPS) is 15.5. The van der Waals surface area contributed by atoms with E-state index in [2.05, 4.69) is 34.1 Å². The average Bonchev–Trinajstić information content (AvgIpc) is 3.13. The van der Waals surface area contributed by atoms with Crippen LogP contribution >= 0.6 is 11.5 Å². The molecule has 3 aromatic rings. The number of unbranched alkanes of at least 4 members (excludes halogenated alkanes) is 1. The van der Waals surface area contributed by atoms with E-state index in [0.29, 0.717) is 0 Å². The van der Waals surface area contributed by atoms with Crippen LogP contribution in [0.2, 0.25) is 0 Å². The van der Waals surface area contributed by atoms with E-state index in [-0.39, 0.29) is 0 Å². The van der Waals surface area contributed by atoms with Crippen molar-refractivity contribution in [1.29, 1.82) is 0 Å². The zero-order chi connectivity index (χ0) is 17.6. The number of benzene rings is 2. The van der Waals surface area contributed by atoms with Gasteiger partial charge in [-0.2, -0.15) is 4.37 Å². The first-order valence-corrected chi connectivity index (χ1v) is 10.2. The van der Waals surface area contributed by atoms with Gasteiger partial charge in [-0.1, -0.05) is 30.3 Å². The Balaban J connectivity index is 1.18. The average molecular weight is 368 g/mol. The highest BCUT2D eigenvalue weighted by atomic mass is 32.1. The van der Waals surface area contributed by atoms with Gasteiger partial charge in [-0.05, 0) is 55.2 Å². The summed E-state index contributed by atoms with van der Waals surface area (Å²) < 4.78 is 11.7. The first kappa shape index (κ1) is 17.3. The van der Waals surface area contributed by atoms with E-state index in [4.69, 9.17) is 9.11 Å². The number of ether oxygens (including phenoxy) is 1. The Hall–Kier alpha value is -2.11. The van der Waals surface area contributed by atoms with Crippen molar-refractivity contribution in [2.75, 3.05) is 44.2 Å². The third kappa shape index (κ3) is 4.17. The molecule has 0 radical (unpaired) electrons. The molecule has 1 saturated heterocycles. The topological polar surface area (TPSA) is 28.6 Å². The molecule has 1 aliphatic heterocycles. The molecule has 0 unspecified atom stereocenters. The largest absolute Gasteiger partial charge is 0.494 e. The zero-order valence-electron chi connectivity index (χ0n) is 15.0. The lowest BCUT2D eigenvalue weighted by atomic mass is 10.2. The highest BCUT2D eigenvalue weighted by Crippen LogP contribution is 2.29. The SMILES string of the molecule is c1ccc(OCCCCN2CCN(c3nsc4ccccc34)CC2)cc1. The summed E-state index contributed by atoms with van der Waals surface area (Å²) in [7, 11) is 0. The van der Waals surface area contributed by atoms with Gasteiger partial charge in [0.25, 0.3) is 0 Å². The Morgan fingerprint density at radius 1 is 0.885 bits per heavy atom. The van der Waals surface area contributed by atoms with Crippen LogP contribution in [-0.2, 0) is 0 Å². The molecule has 4 rings (SSSR count). The molecule has 0 N–H and O–H groups in total. The van der Waals surface area contributed by atoms with Crippen LogP contribution < -0.4 is 9.64 Å².